The summed E-state index contributed by atoms with van der Waals surface area (Å²) in [5.74, 6) is -4.27. The normalized spacial score (nSPS) is 16.6. The first-order valence-corrected chi connectivity index (χ1v) is 4.11. The van der Waals surface area contributed by atoms with Crippen LogP contribution < -0.4 is 0 Å². The average molecular weight is 223 g/mol. The summed E-state index contributed by atoms with van der Waals surface area (Å²) >= 11 is 16.3. The molecule has 0 aliphatic heterocycles. The first kappa shape index (κ1) is 11.8. The predicted molar refractivity (Wildman–Crippen MR) is 43.7 cm³/mol. The fraction of sp³-hybridized carbons (Fsp3) is 1.00. The Balaban J connectivity index is 4.35. The SMILES string of the molecule is CC(C(O)(O)O)C(Cl)(Cl)CCl. The molecule has 3 N–H and O–H groups in total. The molecule has 11 heavy (non-hydrogen) atoms. The molecule has 0 bridgehead atoms. The van der Waals surface area contributed by atoms with Crippen molar-refractivity contribution in [1.82, 2.24) is 0 Å². The van der Waals surface area contributed by atoms with Crippen LogP contribution in [-0.4, -0.2) is 31.5 Å². The maximum absolute atomic E-state index is 8.64. The van der Waals surface area contributed by atoms with Gasteiger partial charge < -0.3 is 15.3 Å². The number of alkyl halides is 3. The summed E-state index contributed by atoms with van der Waals surface area (Å²) in [6, 6.07) is 0. The van der Waals surface area contributed by atoms with E-state index in [0.717, 1.165) is 0 Å². The Morgan fingerprint density at radius 2 is 1.64 bits per heavy atom. The fourth-order valence-corrected chi connectivity index (χ4v) is 0.923. The van der Waals surface area contributed by atoms with Crippen molar-refractivity contribution >= 4 is 34.8 Å². The van der Waals surface area contributed by atoms with Crippen molar-refractivity contribution < 1.29 is 15.3 Å². The molecule has 0 radical (unpaired) electrons. The molecule has 0 saturated carbocycles. The summed E-state index contributed by atoms with van der Waals surface area (Å²) in [5, 5.41) is 25.9. The Kier molecular flexibility index (Phi) is 3.89. The third kappa shape index (κ3) is 3.32. The highest BCUT2D eigenvalue weighted by atomic mass is 35.5. The van der Waals surface area contributed by atoms with Crippen molar-refractivity contribution in [3.05, 3.63) is 0 Å². The Bertz CT molecular complexity index is 131. The van der Waals surface area contributed by atoms with Crippen molar-refractivity contribution in [3.63, 3.8) is 0 Å². The van der Waals surface area contributed by atoms with Crippen LogP contribution in [0.1, 0.15) is 6.92 Å². The molecule has 0 heterocycles. The van der Waals surface area contributed by atoms with Gasteiger partial charge in [0.2, 0.25) is 0 Å². The molecule has 0 aromatic carbocycles. The Morgan fingerprint density at radius 3 is 1.73 bits per heavy atom. The van der Waals surface area contributed by atoms with Gasteiger partial charge in [-0.05, 0) is 0 Å². The Hall–Kier alpha value is 0.750. The van der Waals surface area contributed by atoms with Gasteiger partial charge in [-0.25, -0.2) is 0 Å². The third-order valence-corrected chi connectivity index (χ3v) is 3.01. The van der Waals surface area contributed by atoms with Crippen LogP contribution >= 0.6 is 34.8 Å². The molecule has 0 aromatic heterocycles. The van der Waals surface area contributed by atoms with Gasteiger partial charge in [-0.3, -0.25) is 0 Å². The lowest BCUT2D eigenvalue weighted by atomic mass is 10.1. The standard InChI is InChI=1S/C5H9Cl3O3/c1-3(5(9,10)11)4(7,8)2-6/h3,9-11H,2H2,1H3. The lowest BCUT2D eigenvalue weighted by Crippen LogP contribution is -2.45. The first-order chi connectivity index (χ1) is 4.72. The largest absolute Gasteiger partial charge is 0.343 e. The maximum Gasteiger partial charge on any atom is 0.281 e. The molecule has 68 valence electrons. The number of hydrogen-bond acceptors (Lipinski definition) is 3. The van der Waals surface area contributed by atoms with Gasteiger partial charge in [-0.2, -0.15) is 0 Å². The topological polar surface area (TPSA) is 60.7 Å². The van der Waals surface area contributed by atoms with E-state index < -0.39 is 16.2 Å². The van der Waals surface area contributed by atoms with Crippen molar-refractivity contribution in [2.24, 2.45) is 5.92 Å². The second kappa shape index (κ2) is 3.64. The van der Waals surface area contributed by atoms with E-state index in [1.807, 2.05) is 0 Å². The highest BCUT2D eigenvalue weighted by Crippen LogP contribution is 2.36. The van der Waals surface area contributed by atoms with E-state index in [1.165, 1.54) is 6.92 Å². The first-order valence-electron chi connectivity index (χ1n) is 2.82. The van der Waals surface area contributed by atoms with Gasteiger partial charge in [0.1, 0.15) is 4.33 Å². The van der Waals surface area contributed by atoms with Crippen molar-refractivity contribution in [2.45, 2.75) is 17.2 Å². The number of rotatable bonds is 3. The average Bonchev–Trinajstić information content (AvgIpc) is 1.84. The van der Waals surface area contributed by atoms with E-state index >= 15 is 0 Å². The molecule has 0 aliphatic rings. The summed E-state index contributed by atoms with van der Waals surface area (Å²) in [6.45, 7) is 1.27. The number of aliphatic hydroxyl groups is 3. The van der Waals surface area contributed by atoms with Crippen LogP contribution in [0.25, 0.3) is 0 Å². The molecule has 0 saturated heterocycles. The maximum atomic E-state index is 8.64. The van der Waals surface area contributed by atoms with E-state index in [2.05, 4.69) is 0 Å². The molecular formula is C5H9Cl3O3. The molecule has 1 atom stereocenters. The predicted octanol–water partition coefficient (Wildman–Crippen LogP) is 0.666. The van der Waals surface area contributed by atoms with E-state index in [9.17, 15) is 0 Å². The molecule has 1 unspecified atom stereocenters. The van der Waals surface area contributed by atoms with Crippen molar-refractivity contribution in [1.29, 1.82) is 0 Å². The Morgan fingerprint density at radius 1 is 1.27 bits per heavy atom. The van der Waals surface area contributed by atoms with Crippen LogP contribution in [-0.2, 0) is 0 Å². The van der Waals surface area contributed by atoms with Gasteiger partial charge in [0.25, 0.3) is 5.97 Å². The summed E-state index contributed by atoms with van der Waals surface area (Å²) in [7, 11) is 0. The van der Waals surface area contributed by atoms with Crippen molar-refractivity contribution in [3.8, 4) is 0 Å². The minimum Gasteiger partial charge on any atom is -0.343 e. The van der Waals surface area contributed by atoms with Gasteiger partial charge >= 0.3 is 0 Å². The van der Waals surface area contributed by atoms with Gasteiger partial charge in [0, 0.05) is 0 Å². The highest BCUT2D eigenvalue weighted by molar-refractivity contribution is 6.51. The van der Waals surface area contributed by atoms with Gasteiger partial charge in [0.15, 0.2) is 0 Å². The highest BCUT2D eigenvalue weighted by Gasteiger charge is 2.43. The minimum absolute atomic E-state index is 0.208. The van der Waals surface area contributed by atoms with E-state index in [1.54, 1.807) is 0 Å². The summed E-state index contributed by atoms with van der Waals surface area (Å²) in [4.78, 5) is 0. The zero-order chi connectivity index (χ0) is 9.28. The third-order valence-electron chi connectivity index (χ3n) is 1.39. The van der Waals surface area contributed by atoms with Crippen LogP contribution in [0.3, 0.4) is 0 Å². The lowest BCUT2D eigenvalue weighted by molar-refractivity contribution is -0.340. The molecule has 0 spiro atoms. The molecule has 0 aromatic rings. The number of halogens is 3. The minimum atomic E-state index is -2.90. The van der Waals surface area contributed by atoms with Gasteiger partial charge in [0.05, 0.1) is 11.8 Å². The van der Waals surface area contributed by atoms with Crippen LogP contribution in [0, 0.1) is 5.92 Å². The van der Waals surface area contributed by atoms with E-state index in [-0.39, 0.29) is 5.88 Å². The smallest absolute Gasteiger partial charge is 0.281 e. The molecule has 0 aliphatic carbocycles. The zero-order valence-electron chi connectivity index (χ0n) is 5.76. The molecule has 0 rings (SSSR count). The zero-order valence-corrected chi connectivity index (χ0v) is 8.03. The molecule has 0 fully saturated rings. The van der Waals surface area contributed by atoms with Crippen LogP contribution in [0.2, 0.25) is 0 Å². The van der Waals surface area contributed by atoms with Crippen LogP contribution in [0.4, 0.5) is 0 Å². The quantitative estimate of drug-likeness (QED) is 0.487. The summed E-state index contributed by atoms with van der Waals surface area (Å²) in [6.07, 6.45) is 0. The second-order valence-electron chi connectivity index (χ2n) is 2.30. The number of hydrogen-bond donors (Lipinski definition) is 3. The molecule has 3 nitrogen and oxygen atoms in total. The van der Waals surface area contributed by atoms with E-state index in [0.29, 0.717) is 0 Å². The molecule has 6 heteroatoms. The second-order valence-corrected chi connectivity index (χ2v) is 4.11. The van der Waals surface area contributed by atoms with E-state index in [4.69, 9.17) is 50.1 Å². The van der Waals surface area contributed by atoms with Crippen molar-refractivity contribution in [2.75, 3.05) is 5.88 Å². The lowest BCUT2D eigenvalue weighted by Gasteiger charge is -2.30. The monoisotopic (exact) mass is 222 g/mol. The Labute approximate surface area is 79.5 Å². The van der Waals surface area contributed by atoms with Crippen LogP contribution in [0.5, 0.6) is 0 Å². The summed E-state index contributed by atoms with van der Waals surface area (Å²) < 4.78 is -1.56. The van der Waals surface area contributed by atoms with Crippen LogP contribution in [0.15, 0.2) is 0 Å². The van der Waals surface area contributed by atoms with Gasteiger partial charge in [-0.15, -0.1) is 11.6 Å². The fourth-order valence-electron chi connectivity index (χ4n) is 0.399. The summed E-state index contributed by atoms with van der Waals surface area (Å²) in [5.41, 5.74) is 0. The molecule has 0 amide bonds. The molecular weight excluding hydrogens is 214 g/mol. The van der Waals surface area contributed by atoms with Gasteiger partial charge in [-0.1, -0.05) is 30.1 Å².